The number of aromatic nitrogens is 1. The molecule has 1 saturated heterocycles. The van der Waals surface area contributed by atoms with Crippen molar-refractivity contribution in [3.8, 4) is 6.07 Å². The van der Waals surface area contributed by atoms with Gasteiger partial charge < -0.3 is 10.0 Å². The second kappa shape index (κ2) is 5.00. The molecule has 1 aromatic heterocycles. The first-order valence-corrected chi connectivity index (χ1v) is 5.73. The van der Waals surface area contributed by atoms with Crippen molar-refractivity contribution in [2.75, 3.05) is 18.0 Å². The molecular weight excluding hydrogens is 275 g/mol. The molecule has 20 heavy (non-hydrogen) atoms. The predicted octanol–water partition coefficient (Wildman–Crippen LogP) is 1.65. The van der Waals surface area contributed by atoms with Gasteiger partial charge in [-0.3, -0.25) is 4.79 Å². The van der Waals surface area contributed by atoms with Gasteiger partial charge in [0, 0.05) is 13.1 Å². The van der Waals surface area contributed by atoms with E-state index < -0.39 is 30.5 Å². The summed E-state index contributed by atoms with van der Waals surface area (Å²) in [6.07, 6.45) is -3.28. The zero-order valence-electron chi connectivity index (χ0n) is 10.1. The monoisotopic (exact) mass is 285 g/mol. The Morgan fingerprint density at radius 3 is 2.55 bits per heavy atom. The first-order chi connectivity index (χ1) is 9.32. The van der Waals surface area contributed by atoms with E-state index in [4.69, 9.17) is 10.4 Å². The second-order valence-corrected chi connectivity index (χ2v) is 4.51. The quantitative estimate of drug-likeness (QED) is 0.894. The zero-order chi connectivity index (χ0) is 14.9. The summed E-state index contributed by atoms with van der Waals surface area (Å²) < 4.78 is 38.5. The van der Waals surface area contributed by atoms with Crippen molar-refractivity contribution in [1.82, 2.24) is 4.98 Å². The van der Waals surface area contributed by atoms with Gasteiger partial charge in [-0.1, -0.05) is 0 Å². The van der Waals surface area contributed by atoms with E-state index in [2.05, 4.69) is 4.98 Å². The molecule has 2 atom stereocenters. The highest BCUT2D eigenvalue weighted by Crippen LogP contribution is 2.39. The van der Waals surface area contributed by atoms with Crippen LogP contribution < -0.4 is 4.90 Å². The lowest BCUT2D eigenvalue weighted by atomic mass is 9.96. The highest BCUT2D eigenvalue weighted by molar-refractivity contribution is 5.72. The molecule has 0 spiro atoms. The smallest absolute Gasteiger partial charge is 0.394 e. The predicted molar refractivity (Wildman–Crippen MR) is 61.8 cm³/mol. The molecule has 0 radical (unpaired) electrons. The van der Waals surface area contributed by atoms with Gasteiger partial charge in [-0.05, 0) is 12.1 Å². The largest absolute Gasteiger partial charge is 0.481 e. The summed E-state index contributed by atoms with van der Waals surface area (Å²) in [6, 6.07) is 4.64. The average molecular weight is 285 g/mol. The van der Waals surface area contributed by atoms with Crippen LogP contribution in [0.4, 0.5) is 18.9 Å². The average Bonchev–Trinajstić information content (AvgIpc) is 2.84. The third kappa shape index (κ3) is 2.66. The van der Waals surface area contributed by atoms with Crippen molar-refractivity contribution in [3.63, 3.8) is 0 Å². The van der Waals surface area contributed by atoms with Gasteiger partial charge in [-0.15, -0.1) is 0 Å². The highest BCUT2D eigenvalue weighted by atomic mass is 19.4. The Hall–Kier alpha value is -2.30. The van der Waals surface area contributed by atoms with E-state index in [1.807, 2.05) is 0 Å². The van der Waals surface area contributed by atoms with Crippen molar-refractivity contribution in [2.45, 2.75) is 6.18 Å². The third-order valence-electron chi connectivity index (χ3n) is 3.29. The topological polar surface area (TPSA) is 77.2 Å². The zero-order valence-corrected chi connectivity index (χ0v) is 10.1. The Bertz CT molecular complexity index is 551. The summed E-state index contributed by atoms with van der Waals surface area (Å²) in [6.45, 7) is -0.652. The molecule has 0 saturated carbocycles. The van der Waals surface area contributed by atoms with Crippen molar-refractivity contribution >= 4 is 11.7 Å². The lowest BCUT2D eigenvalue weighted by Crippen LogP contribution is -2.33. The summed E-state index contributed by atoms with van der Waals surface area (Å²) >= 11 is 0. The van der Waals surface area contributed by atoms with Gasteiger partial charge in [0.05, 0.1) is 23.7 Å². The number of carbonyl (C=O) groups is 1. The van der Waals surface area contributed by atoms with E-state index in [0.29, 0.717) is 5.69 Å². The summed E-state index contributed by atoms with van der Waals surface area (Å²) in [4.78, 5) is 16.0. The number of halogens is 3. The van der Waals surface area contributed by atoms with Crippen LogP contribution in [0, 0.1) is 23.2 Å². The van der Waals surface area contributed by atoms with Gasteiger partial charge >= 0.3 is 12.1 Å². The lowest BCUT2D eigenvalue weighted by Gasteiger charge is -2.19. The molecule has 0 unspecified atom stereocenters. The van der Waals surface area contributed by atoms with Crippen LogP contribution >= 0.6 is 0 Å². The fraction of sp³-hybridized carbons (Fsp3) is 0.417. The number of hydrogen-bond acceptors (Lipinski definition) is 4. The van der Waals surface area contributed by atoms with Crippen LogP contribution in [0.5, 0.6) is 0 Å². The number of carboxylic acids is 1. The maximum atomic E-state index is 12.8. The summed E-state index contributed by atoms with van der Waals surface area (Å²) in [5.41, 5.74) is 0.525. The number of hydrogen-bond donors (Lipinski definition) is 1. The molecule has 1 aliphatic rings. The highest BCUT2D eigenvalue weighted by Gasteiger charge is 2.52. The standard InChI is InChI=1S/C12H10F3N3O2/c13-12(14,15)10-6-18(5-9(10)11(19)20)8-2-1-7(3-16)17-4-8/h1-2,4,9-10H,5-6H2,(H,19,20)/t9-,10-/m1/s1. The summed E-state index contributed by atoms with van der Waals surface area (Å²) in [7, 11) is 0. The Labute approximate surface area is 112 Å². The molecule has 0 amide bonds. The summed E-state index contributed by atoms with van der Waals surface area (Å²) in [5, 5.41) is 17.5. The molecule has 2 heterocycles. The first kappa shape index (κ1) is 14.1. The maximum Gasteiger partial charge on any atom is 0.394 e. The number of nitriles is 1. The van der Waals surface area contributed by atoms with Crippen LogP contribution in [0.25, 0.3) is 0 Å². The van der Waals surface area contributed by atoms with E-state index >= 15 is 0 Å². The lowest BCUT2D eigenvalue weighted by molar-refractivity contribution is -0.187. The van der Waals surface area contributed by atoms with E-state index in [0.717, 1.165) is 0 Å². The van der Waals surface area contributed by atoms with Gasteiger partial charge in [0.2, 0.25) is 0 Å². The number of nitrogens with zero attached hydrogens (tertiary/aromatic N) is 3. The Balaban J connectivity index is 2.23. The van der Waals surface area contributed by atoms with Crippen LogP contribution in [0.1, 0.15) is 5.69 Å². The van der Waals surface area contributed by atoms with Gasteiger partial charge in [0.25, 0.3) is 0 Å². The van der Waals surface area contributed by atoms with E-state index in [1.165, 1.54) is 23.2 Å². The molecule has 1 fully saturated rings. The van der Waals surface area contributed by atoms with Crippen molar-refractivity contribution in [1.29, 1.82) is 5.26 Å². The normalized spacial score (nSPS) is 22.6. The van der Waals surface area contributed by atoms with Crippen molar-refractivity contribution < 1.29 is 23.1 Å². The van der Waals surface area contributed by atoms with Gasteiger partial charge in [-0.25, -0.2) is 4.98 Å². The number of rotatable bonds is 2. The molecule has 2 rings (SSSR count). The number of anilines is 1. The molecule has 5 nitrogen and oxygen atoms in total. The number of carboxylic acid groups (broad SMARTS) is 1. The fourth-order valence-electron chi connectivity index (χ4n) is 2.24. The molecule has 0 bridgehead atoms. The van der Waals surface area contributed by atoms with Gasteiger partial charge in [0.1, 0.15) is 11.8 Å². The minimum absolute atomic E-state index is 0.148. The molecule has 8 heteroatoms. The number of alkyl halides is 3. The van der Waals surface area contributed by atoms with Crippen LogP contribution in [-0.2, 0) is 4.79 Å². The number of aliphatic carboxylic acids is 1. The molecule has 1 aliphatic heterocycles. The molecule has 106 valence electrons. The summed E-state index contributed by atoms with van der Waals surface area (Å²) in [5.74, 6) is -4.86. The minimum atomic E-state index is -4.56. The minimum Gasteiger partial charge on any atom is -0.481 e. The molecule has 0 aliphatic carbocycles. The molecule has 1 aromatic rings. The van der Waals surface area contributed by atoms with Crippen LogP contribution in [-0.4, -0.2) is 35.3 Å². The molecule has 0 aromatic carbocycles. The Kier molecular flexibility index (Phi) is 3.53. The van der Waals surface area contributed by atoms with E-state index in [-0.39, 0.29) is 12.2 Å². The number of pyridine rings is 1. The van der Waals surface area contributed by atoms with Crippen LogP contribution in [0.2, 0.25) is 0 Å². The Morgan fingerprint density at radius 1 is 1.45 bits per heavy atom. The SMILES string of the molecule is N#Cc1ccc(N2C[C@@H](C(F)(F)F)[C@H](C(=O)O)C2)cn1. The first-order valence-electron chi connectivity index (χ1n) is 5.73. The van der Waals surface area contributed by atoms with Gasteiger partial charge in [0.15, 0.2) is 0 Å². The third-order valence-corrected chi connectivity index (χ3v) is 3.29. The second-order valence-electron chi connectivity index (χ2n) is 4.51. The van der Waals surface area contributed by atoms with E-state index in [9.17, 15) is 18.0 Å². The van der Waals surface area contributed by atoms with E-state index in [1.54, 1.807) is 6.07 Å². The van der Waals surface area contributed by atoms with Crippen LogP contribution in [0.3, 0.4) is 0 Å². The fourth-order valence-corrected chi connectivity index (χ4v) is 2.24. The van der Waals surface area contributed by atoms with Crippen molar-refractivity contribution in [3.05, 3.63) is 24.0 Å². The molecular formula is C12H10F3N3O2. The molecule has 1 N–H and O–H groups in total. The van der Waals surface area contributed by atoms with Crippen LogP contribution in [0.15, 0.2) is 18.3 Å². The van der Waals surface area contributed by atoms with Gasteiger partial charge in [-0.2, -0.15) is 18.4 Å². The Morgan fingerprint density at radius 2 is 2.15 bits per heavy atom. The maximum absolute atomic E-state index is 12.8. The van der Waals surface area contributed by atoms with Crippen molar-refractivity contribution in [2.24, 2.45) is 11.8 Å².